The Hall–Kier alpha value is -3.32. The van der Waals surface area contributed by atoms with Gasteiger partial charge in [0, 0.05) is 33.7 Å². The van der Waals surface area contributed by atoms with E-state index in [1.807, 2.05) is 0 Å². The molecule has 1 heterocycles. The highest BCUT2D eigenvalue weighted by molar-refractivity contribution is 6.31. The van der Waals surface area contributed by atoms with Crippen molar-refractivity contribution in [3.8, 4) is 5.75 Å². The average molecular weight is 454 g/mol. The van der Waals surface area contributed by atoms with Crippen LogP contribution in [0.3, 0.4) is 0 Å². The van der Waals surface area contributed by atoms with Crippen LogP contribution in [0.1, 0.15) is 42.5 Å². The van der Waals surface area contributed by atoms with Crippen LogP contribution in [0.15, 0.2) is 47.4 Å². The Balaban J connectivity index is 1.56. The number of methoxy groups -OCH3 is 1. The molecule has 4 rings (SSSR count). The van der Waals surface area contributed by atoms with E-state index in [4.69, 9.17) is 16.3 Å². The van der Waals surface area contributed by atoms with Gasteiger partial charge in [-0.25, -0.2) is 0 Å². The second-order valence-electron chi connectivity index (χ2n) is 7.91. The third kappa shape index (κ3) is 4.62. The second-order valence-corrected chi connectivity index (χ2v) is 8.35. The fourth-order valence-corrected chi connectivity index (χ4v) is 4.21. The molecule has 32 heavy (non-hydrogen) atoms. The summed E-state index contributed by atoms with van der Waals surface area (Å²) in [4.78, 5) is 41.2. The summed E-state index contributed by atoms with van der Waals surface area (Å²) >= 11 is 6.00. The van der Waals surface area contributed by atoms with Crippen LogP contribution in [-0.2, 0) is 4.79 Å². The highest BCUT2D eigenvalue weighted by Gasteiger charge is 2.22. The van der Waals surface area contributed by atoms with Crippen molar-refractivity contribution in [3.63, 3.8) is 0 Å². The molecule has 2 aromatic carbocycles. The predicted octanol–water partition coefficient (Wildman–Crippen LogP) is 4.96. The first-order chi connectivity index (χ1) is 15.5. The Morgan fingerprint density at radius 2 is 1.84 bits per heavy atom. The number of anilines is 2. The number of hydrogen-bond donors (Lipinski definition) is 3. The van der Waals surface area contributed by atoms with Crippen LogP contribution in [0.4, 0.5) is 11.4 Å². The zero-order valence-electron chi connectivity index (χ0n) is 17.7. The van der Waals surface area contributed by atoms with Crippen molar-refractivity contribution in [2.24, 2.45) is 5.92 Å². The van der Waals surface area contributed by atoms with Crippen molar-refractivity contribution >= 4 is 45.7 Å². The fourth-order valence-electron chi connectivity index (χ4n) is 4.04. The first kappa shape index (κ1) is 21.9. The number of fused-ring (bicyclic) bond motifs is 1. The summed E-state index contributed by atoms with van der Waals surface area (Å²) in [5.74, 6) is -0.141. The zero-order chi connectivity index (χ0) is 22.7. The van der Waals surface area contributed by atoms with Gasteiger partial charge < -0.3 is 20.4 Å². The molecular formula is C24H24ClN3O4. The van der Waals surface area contributed by atoms with E-state index in [0.29, 0.717) is 33.0 Å². The minimum Gasteiger partial charge on any atom is -0.495 e. The lowest BCUT2D eigenvalue weighted by Gasteiger charge is -2.21. The number of H-pyrrole nitrogens is 1. The monoisotopic (exact) mass is 453 g/mol. The number of aromatic nitrogens is 1. The van der Waals surface area contributed by atoms with Crippen LogP contribution in [0.5, 0.6) is 5.75 Å². The maximum absolute atomic E-state index is 12.8. The number of pyridine rings is 1. The number of hydrogen-bond acceptors (Lipinski definition) is 4. The molecular weight excluding hydrogens is 430 g/mol. The number of ether oxygens (including phenoxy) is 1. The molecule has 0 saturated heterocycles. The minimum atomic E-state index is -0.567. The summed E-state index contributed by atoms with van der Waals surface area (Å²) in [6, 6.07) is 9.82. The number of carbonyl (C=O) groups is 2. The lowest BCUT2D eigenvalue weighted by atomic mass is 9.88. The summed E-state index contributed by atoms with van der Waals surface area (Å²) in [6.07, 6.45) is 6.39. The molecule has 3 N–H and O–H groups in total. The van der Waals surface area contributed by atoms with E-state index in [0.717, 1.165) is 32.1 Å². The number of nitrogens with one attached hydrogen (secondary N) is 3. The van der Waals surface area contributed by atoms with Crippen molar-refractivity contribution in [2.45, 2.75) is 32.1 Å². The van der Waals surface area contributed by atoms with Gasteiger partial charge in [0.1, 0.15) is 11.3 Å². The molecule has 1 aliphatic rings. The van der Waals surface area contributed by atoms with E-state index in [1.54, 1.807) is 30.3 Å². The molecule has 8 heteroatoms. The molecule has 166 valence electrons. The highest BCUT2D eigenvalue weighted by Crippen LogP contribution is 2.31. The maximum atomic E-state index is 12.8. The molecule has 1 fully saturated rings. The summed E-state index contributed by atoms with van der Waals surface area (Å²) < 4.78 is 5.36. The van der Waals surface area contributed by atoms with Crippen molar-refractivity contribution in [1.29, 1.82) is 0 Å². The van der Waals surface area contributed by atoms with Crippen LogP contribution in [0.2, 0.25) is 5.02 Å². The van der Waals surface area contributed by atoms with Gasteiger partial charge in [0.05, 0.1) is 12.8 Å². The number of halogens is 1. The number of carbonyl (C=O) groups excluding carboxylic acids is 2. The fraction of sp³-hybridized carbons (Fsp3) is 0.292. The van der Waals surface area contributed by atoms with Crippen molar-refractivity contribution in [3.05, 3.63) is 63.4 Å². The number of aromatic amines is 1. The van der Waals surface area contributed by atoms with Gasteiger partial charge >= 0.3 is 0 Å². The first-order valence-electron chi connectivity index (χ1n) is 10.6. The summed E-state index contributed by atoms with van der Waals surface area (Å²) in [6.45, 7) is 0. The van der Waals surface area contributed by atoms with Crippen molar-refractivity contribution in [1.82, 2.24) is 4.98 Å². The smallest absolute Gasteiger partial charge is 0.261 e. The van der Waals surface area contributed by atoms with Crippen LogP contribution >= 0.6 is 11.6 Å². The van der Waals surface area contributed by atoms with E-state index in [9.17, 15) is 14.4 Å². The molecule has 0 aliphatic heterocycles. The van der Waals surface area contributed by atoms with Gasteiger partial charge in [-0.15, -0.1) is 0 Å². The summed E-state index contributed by atoms with van der Waals surface area (Å²) in [5, 5.41) is 6.40. The lowest BCUT2D eigenvalue weighted by molar-refractivity contribution is -0.120. The van der Waals surface area contributed by atoms with E-state index < -0.39 is 11.3 Å². The Morgan fingerprint density at radius 3 is 2.59 bits per heavy atom. The van der Waals surface area contributed by atoms with Crippen LogP contribution < -0.4 is 20.8 Å². The largest absolute Gasteiger partial charge is 0.495 e. The second kappa shape index (κ2) is 9.44. The van der Waals surface area contributed by atoms with Gasteiger partial charge in [0.15, 0.2) is 0 Å². The molecule has 1 aliphatic carbocycles. The van der Waals surface area contributed by atoms with Gasteiger partial charge in [0.25, 0.3) is 5.91 Å². The average Bonchev–Trinajstić information content (AvgIpc) is 2.80. The molecule has 1 saturated carbocycles. The summed E-state index contributed by atoms with van der Waals surface area (Å²) in [5.41, 5.74) is 1.04. The van der Waals surface area contributed by atoms with E-state index in [-0.39, 0.29) is 17.4 Å². The van der Waals surface area contributed by atoms with Gasteiger partial charge in [-0.1, -0.05) is 30.9 Å². The van der Waals surface area contributed by atoms with Gasteiger partial charge in [-0.05, 0) is 49.2 Å². The molecule has 1 aromatic heterocycles. The summed E-state index contributed by atoms with van der Waals surface area (Å²) in [7, 11) is 1.52. The van der Waals surface area contributed by atoms with Crippen molar-refractivity contribution in [2.75, 3.05) is 17.7 Å². The molecule has 0 spiro atoms. The molecule has 0 radical (unpaired) electrons. The molecule has 0 bridgehead atoms. The van der Waals surface area contributed by atoms with E-state index in [2.05, 4.69) is 15.6 Å². The molecule has 3 aromatic rings. The zero-order valence-corrected chi connectivity index (χ0v) is 18.4. The topological polar surface area (TPSA) is 100 Å². The Kier molecular flexibility index (Phi) is 6.46. The standard InChI is InChI=1S/C24H24ClN3O4/c1-32-21-10-8-16(12-20(21)28-23(30)14-5-3-2-4-6-14)27-24(31)18-13-26-19-9-7-15(25)11-17(19)22(18)29/h7-14H,2-6H2,1H3,(H,26,29)(H,27,31)(H,28,30). The molecule has 0 unspecified atom stereocenters. The maximum Gasteiger partial charge on any atom is 0.261 e. The van der Waals surface area contributed by atoms with E-state index >= 15 is 0 Å². The molecule has 7 nitrogen and oxygen atoms in total. The van der Waals surface area contributed by atoms with Crippen molar-refractivity contribution < 1.29 is 14.3 Å². The predicted molar refractivity (Wildman–Crippen MR) is 126 cm³/mol. The van der Waals surface area contributed by atoms with Gasteiger partial charge in [-0.2, -0.15) is 0 Å². The van der Waals surface area contributed by atoms with E-state index in [1.165, 1.54) is 19.4 Å². The van der Waals surface area contributed by atoms with Crippen LogP contribution in [0.25, 0.3) is 10.9 Å². The molecule has 2 amide bonds. The minimum absolute atomic E-state index is 0.0188. The Bertz CT molecular complexity index is 1230. The van der Waals surface area contributed by atoms with Gasteiger partial charge in [-0.3, -0.25) is 14.4 Å². The number of benzene rings is 2. The molecule has 0 atom stereocenters. The Labute approximate surface area is 190 Å². The third-order valence-corrected chi connectivity index (χ3v) is 6.01. The quantitative estimate of drug-likeness (QED) is 0.508. The van der Waals surface area contributed by atoms with Crippen LogP contribution in [-0.4, -0.2) is 23.9 Å². The number of amides is 2. The SMILES string of the molecule is COc1ccc(NC(=O)c2c[nH]c3ccc(Cl)cc3c2=O)cc1NC(=O)C1CCCCC1. The first-order valence-corrected chi connectivity index (χ1v) is 11.0. The van der Waals surface area contributed by atoms with Gasteiger partial charge in [0.2, 0.25) is 11.3 Å². The Morgan fingerprint density at radius 1 is 1.06 bits per heavy atom. The lowest BCUT2D eigenvalue weighted by Crippen LogP contribution is -2.25. The highest BCUT2D eigenvalue weighted by atomic mass is 35.5. The normalized spacial score (nSPS) is 14.2. The van der Waals surface area contributed by atoms with Crippen LogP contribution in [0, 0.1) is 5.92 Å². The third-order valence-electron chi connectivity index (χ3n) is 5.78. The number of rotatable bonds is 5.